The van der Waals surface area contributed by atoms with Gasteiger partial charge in [0.15, 0.2) is 0 Å². The Bertz CT molecular complexity index is 835. The molecule has 0 aliphatic carbocycles. The van der Waals surface area contributed by atoms with Crippen molar-refractivity contribution in [2.24, 2.45) is 0 Å². The summed E-state index contributed by atoms with van der Waals surface area (Å²) in [6, 6.07) is 12.1. The van der Waals surface area contributed by atoms with Crippen LogP contribution in [0.1, 0.15) is 33.4 Å². The van der Waals surface area contributed by atoms with Gasteiger partial charge in [-0.1, -0.05) is 36.4 Å². The Morgan fingerprint density at radius 1 is 0.433 bits per heavy atom. The van der Waals surface area contributed by atoms with Gasteiger partial charge in [0.1, 0.15) is 0 Å². The highest BCUT2D eigenvalue weighted by molar-refractivity contribution is 5.81. The topological polar surface area (TPSA) is 87.3 Å². The van der Waals surface area contributed by atoms with Crippen molar-refractivity contribution in [2.45, 2.75) is 38.5 Å². The highest BCUT2D eigenvalue weighted by Gasteiger charge is 2.13. The van der Waals surface area contributed by atoms with E-state index < -0.39 is 0 Å². The molecule has 3 aliphatic heterocycles. The maximum absolute atomic E-state index is 12.5. The molecule has 3 aliphatic rings. The summed E-state index contributed by atoms with van der Waals surface area (Å²) < 4.78 is 0. The number of carbonyl (C=O) groups is 3. The average molecular weight is 405 g/mol. The number of nitrogens with one attached hydrogen (secondary N) is 3. The highest BCUT2D eigenvalue weighted by atomic mass is 16.2. The van der Waals surface area contributed by atoms with Gasteiger partial charge in [-0.25, -0.2) is 0 Å². The van der Waals surface area contributed by atoms with Crippen molar-refractivity contribution in [3.05, 3.63) is 69.8 Å². The number of amides is 3. The van der Waals surface area contributed by atoms with Gasteiger partial charge in [0.2, 0.25) is 17.7 Å². The Hall–Kier alpha value is -3.15. The zero-order chi connectivity index (χ0) is 20.9. The van der Waals surface area contributed by atoms with Gasteiger partial charge in [-0.2, -0.15) is 0 Å². The van der Waals surface area contributed by atoms with Crippen LogP contribution in [0, 0.1) is 0 Å². The molecule has 30 heavy (non-hydrogen) atoms. The fourth-order valence-corrected chi connectivity index (χ4v) is 4.20. The van der Waals surface area contributed by atoms with Gasteiger partial charge in [-0.15, -0.1) is 0 Å². The lowest BCUT2D eigenvalue weighted by Crippen LogP contribution is -2.30. The second-order valence-corrected chi connectivity index (χ2v) is 8.15. The van der Waals surface area contributed by atoms with Gasteiger partial charge >= 0.3 is 0 Å². The van der Waals surface area contributed by atoms with Crippen LogP contribution in [0.5, 0.6) is 0 Å². The minimum absolute atomic E-state index is 0.0532. The number of hydrogen-bond acceptors (Lipinski definition) is 3. The summed E-state index contributed by atoms with van der Waals surface area (Å²) in [5.41, 5.74) is 5.94. The minimum atomic E-state index is -0.0532. The molecule has 3 heterocycles. The molecule has 0 spiro atoms. The molecule has 0 fully saturated rings. The number of benzene rings is 2. The number of hydrogen-bond donors (Lipinski definition) is 3. The van der Waals surface area contributed by atoms with Crippen LogP contribution >= 0.6 is 0 Å². The Labute approximate surface area is 176 Å². The monoisotopic (exact) mass is 405 g/mol. The van der Waals surface area contributed by atoms with E-state index >= 15 is 0 Å². The maximum atomic E-state index is 12.5. The fraction of sp³-hybridized carbons (Fsp3) is 0.375. The maximum Gasteiger partial charge on any atom is 0.224 e. The summed E-state index contributed by atoms with van der Waals surface area (Å²) in [7, 11) is 0. The minimum Gasteiger partial charge on any atom is -0.355 e. The van der Waals surface area contributed by atoms with Crippen molar-refractivity contribution >= 4 is 17.7 Å². The van der Waals surface area contributed by atoms with Gasteiger partial charge in [-0.05, 0) is 52.6 Å². The molecule has 6 heteroatoms. The average Bonchev–Trinajstić information content (AvgIpc) is 2.66. The number of fused-ring (bicyclic) bond motifs is 12. The third-order valence-electron chi connectivity index (χ3n) is 5.53. The van der Waals surface area contributed by atoms with E-state index in [0.717, 1.165) is 52.6 Å². The Morgan fingerprint density at radius 2 is 0.700 bits per heavy atom. The first-order chi connectivity index (χ1) is 14.5. The van der Waals surface area contributed by atoms with Gasteiger partial charge in [-0.3, -0.25) is 14.4 Å². The lowest BCUT2D eigenvalue weighted by Gasteiger charge is -2.15. The summed E-state index contributed by atoms with van der Waals surface area (Å²) in [5, 5.41) is 9.02. The third kappa shape index (κ3) is 5.47. The molecule has 0 aromatic heterocycles. The van der Waals surface area contributed by atoms with Crippen molar-refractivity contribution in [3.63, 3.8) is 0 Å². The lowest BCUT2D eigenvalue weighted by molar-refractivity contribution is -0.121. The summed E-state index contributed by atoms with van der Waals surface area (Å²) in [5.74, 6) is -0.160. The summed E-state index contributed by atoms with van der Waals surface area (Å²) >= 11 is 0. The van der Waals surface area contributed by atoms with Crippen molar-refractivity contribution in [1.82, 2.24) is 16.0 Å². The van der Waals surface area contributed by atoms with Crippen LogP contribution in [0.3, 0.4) is 0 Å². The first-order valence-electron chi connectivity index (χ1n) is 10.6. The zero-order valence-corrected chi connectivity index (χ0v) is 17.1. The van der Waals surface area contributed by atoms with E-state index in [4.69, 9.17) is 0 Å². The summed E-state index contributed by atoms with van der Waals surface area (Å²) in [6.07, 6.45) is 2.93. The Kier molecular flexibility index (Phi) is 6.12. The van der Waals surface area contributed by atoms with Crippen LogP contribution < -0.4 is 16.0 Å². The van der Waals surface area contributed by atoms with Crippen LogP contribution in [0.25, 0.3) is 0 Å². The third-order valence-corrected chi connectivity index (χ3v) is 5.53. The molecule has 6 bridgehead atoms. The van der Waals surface area contributed by atoms with E-state index in [1.807, 2.05) is 18.2 Å². The molecular weight excluding hydrogens is 378 g/mol. The SMILES string of the molecule is O=C1Cc2cc3cc(c2)CC(=O)NCCc2cc(cc(c2)CCNC(=O)C3)CCN1. The van der Waals surface area contributed by atoms with Crippen LogP contribution in [0.4, 0.5) is 0 Å². The van der Waals surface area contributed by atoms with Crippen molar-refractivity contribution < 1.29 is 14.4 Å². The van der Waals surface area contributed by atoms with E-state index in [1.54, 1.807) is 0 Å². The number of rotatable bonds is 0. The molecular formula is C24H27N3O3. The van der Waals surface area contributed by atoms with Crippen molar-refractivity contribution in [1.29, 1.82) is 0 Å². The molecule has 156 valence electrons. The van der Waals surface area contributed by atoms with Crippen LogP contribution in [0.15, 0.2) is 36.4 Å². The first kappa shape index (κ1) is 20.1. The van der Waals surface area contributed by atoms with Gasteiger partial charge in [0.05, 0.1) is 19.3 Å². The molecule has 2 aromatic carbocycles. The molecule has 0 atom stereocenters. The van der Waals surface area contributed by atoms with Crippen LogP contribution in [-0.2, 0) is 52.9 Å². The number of carbonyl (C=O) groups excluding carboxylic acids is 3. The van der Waals surface area contributed by atoms with Gasteiger partial charge in [0, 0.05) is 19.6 Å². The van der Waals surface area contributed by atoms with Crippen molar-refractivity contribution in [3.8, 4) is 0 Å². The lowest BCUT2D eigenvalue weighted by atomic mass is 9.97. The Balaban J connectivity index is 1.74. The van der Waals surface area contributed by atoms with Crippen LogP contribution in [0.2, 0.25) is 0 Å². The predicted molar refractivity (Wildman–Crippen MR) is 114 cm³/mol. The molecule has 0 saturated carbocycles. The smallest absolute Gasteiger partial charge is 0.224 e. The second kappa shape index (κ2) is 9.11. The molecule has 3 amide bonds. The van der Waals surface area contributed by atoms with Crippen LogP contribution in [-0.4, -0.2) is 37.4 Å². The van der Waals surface area contributed by atoms with E-state index in [9.17, 15) is 14.4 Å². The van der Waals surface area contributed by atoms with Gasteiger partial charge in [0.25, 0.3) is 0 Å². The first-order valence-corrected chi connectivity index (χ1v) is 10.6. The molecule has 0 unspecified atom stereocenters. The molecule has 0 saturated heterocycles. The molecule has 5 rings (SSSR count). The second-order valence-electron chi connectivity index (χ2n) is 8.15. The summed E-state index contributed by atoms with van der Waals surface area (Å²) in [6.45, 7) is 1.76. The molecule has 3 N–H and O–H groups in total. The van der Waals surface area contributed by atoms with E-state index in [2.05, 4.69) is 34.1 Å². The standard InChI is InChI=1S/C24H27N3O3/c28-22-13-19-10-20-12-21(11-19)15-24(30)27-6-3-18-8-16(1-4-25-22)7-17(9-18)2-5-26-23(29)14-20/h7-12H,1-6,13-15H2,(H,25,28)(H,26,29)(H,27,30). The van der Waals surface area contributed by atoms with E-state index in [0.29, 0.717) is 19.6 Å². The highest BCUT2D eigenvalue weighted by Crippen LogP contribution is 2.16. The predicted octanol–water partition coefficient (Wildman–Crippen LogP) is 1.02. The fourth-order valence-electron chi connectivity index (χ4n) is 4.20. The summed E-state index contributed by atoms with van der Waals surface area (Å²) in [4.78, 5) is 37.4. The van der Waals surface area contributed by atoms with Crippen molar-refractivity contribution in [2.75, 3.05) is 19.6 Å². The Morgan fingerprint density at radius 3 is 1.00 bits per heavy atom. The largest absolute Gasteiger partial charge is 0.355 e. The van der Waals surface area contributed by atoms with Gasteiger partial charge < -0.3 is 16.0 Å². The zero-order valence-electron chi connectivity index (χ0n) is 17.1. The molecule has 0 radical (unpaired) electrons. The normalized spacial score (nSPS) is 17.8. The van der Waals surface area contributed by atoms with E-state index in [1.165, 1.54) is 0 Å². The molecule has 2 aromatic rings. The quantitative estimate of drug-likeness (QED) is 0.612. The van der Waals surface area contributed by atoms with E-state index in [-0.39, 0.29) is 37.0 Å². The molecule has 6 nitrogen and oxygen atoms in total.